The predicted octanol–water partition coefficient (Wildman–Crippen LogP) is 1.56. The first-order valence-electron chi connectivity index (χ1n) is 5.87. The number of carbonyl (C=O) groups is 1. The second-order valence-corrected chi connectivity index (χ2v) is 4.51. The Bertz CT molecular complexity index is 419. The molecule has 1 amide bonds. The van der Waals surface area contributed by atoms with E-state index in [4.69, 9.17) is 10.5 Å². The normalized spacial score (nSPS) is 10.8. The molecule has 0 aliphatic carbocycles. The van der Waals surface area contributed by atoms with Crippen molar-refractivity contribution in [2.24, 2.45) is 0 Å². The number of hydrogen-bond donors (Lipinski definition) is 2. The van der Waals surface area contributed by atoms with Crippen molar-refractivity contribution in [2.45, 2.75) is 19.9 Å². The molecule has 0 aliphatic rings. The van der Waals surface area contributed by atoms with Crippen LogP contribution in [0.2, 0.25) is 0 Å². The molecule has 1 rings (SSSR count). The van der Waals surface area contributed by atoms with Crippen LogP contribution in [0.3, 0.4) is 0 Å². The zero-order chi connectivity index (χ0) is 13.7. The third kappa shape index (κ3) is 3.92. The summed E-state index contributed by atoms with van der Waals surface area (Å²) < 4.78 is 5.05. The van der Waals surface area contributed by atoms with Gasteiger partial charge in [-0.3, -0.25) is 9.69 Å². The highest BCUT2D eigenvalue weighted by Gasteiger charge is 2.11. The number of benzene rings is 1. The van der Waals surface area contributed by atoms with E-state index in [0.29, 0.717) is 29.7 Å². The molecule has 0 atom stereocenters. The van der Waals surface area contributed by atoms with E-state index in [9.17, 15) is 4.79 Å². The lowest BCUT2D eigenvalue weighted by Crippen LogP contribution is -2.34. The number of nitrogen functional groups attached to an aromatic ring is 1. The molecule has 0 saturated carbocycles. The van der Waals surface area contributed by atoms with Crippen LogP contribution in [0.5, 0.6) is 5.75 Å². The highest BCUT2D eigenvalue weighted by atomic mass is 16.5. The minimum Gasteiger partial charge on any atom is -0.497 e. The Labute approximate surface area is 108 Å². The summed E-state index contributed by atoms with van der Waals surface area (Å²) in [5, 5.41) is 2.79. The van der Waals surface area contributed by atoms with Crippen LogP contribution in [-0.2, 0) is 4.79 Å². The third-order valence-electron chi connectivity index (χ3n) is 2.81. The number of rotatable bonds is 5. The van der Waals surface area contributed by atoms with E-state index in [2.05, 4.69) is 5.32 Å². The molecule has 0 aliphatic heterocycles. The first-order chi connectivity index (χ1) is 8.43. The fourth-order valence-electron chi connectivity index (χ4n) is 1.38. The van der Waals surface area contributed by atoms with Crippen molar-refractivity contribution in [3.63, 3.8) is 0 Å². The second-order valence-electron chi connectivity index (χ2n) is 4.51. The number of methoxy groups -OCH3 is 1. The number of hydrogen-bond acceptors (Lipinski definition) is 4. The van der Waals surface area contributed by atoms with Crippen molar-refractivity contribution in [3.8, 4) is 5.75 Å². The van der Waals surface area contributed by atoms with Crippen LogP contribution in [0.1, 0.15) is 13.8 Å². The number of anilines is 2. The lowest BCUT2D eigenvalue weighted by atomic mass is 10.2. The summed E-state index contributed by atoms with van der Waals surface area (Å²) >= 11 is 0. The standard InChI is InChI=1S/C13H21N3O2/c1-9(2)16(3)8-13(17)15-12-6-5-10(18-4)7-11(12)14/h5-7,9H,8,14H2,1-4H3,(H,15,17). The van der Waals surface area contributed by atoms with Crippen LogP contribution in [0.25, 0.3) is 0 Å². The molecule has 100 valence electrons. The first-order valence-corrected chi connectivity index (χ1v) is 5.87. The molecule has 0 spiro atoms. The van der Waals surface area contributed by atoms with Gasteiger partial charge in [-0.25, -0.2) is 0 Å². The maximum Gasteiger partial charge on any atom is 0.238 e. The fraction of sp³-hybridized carbons (Fsp3) is 0.462. The largest absolute Gasteiger partial charge is 0.497 e. The van der Waals surface area contributed by atoms with Gasteiger partial charge in [0.1, 0.15) is 5.75 Å². The van der Waals surface area contributed by atoms with Crippen LogP contribution < -0.4 is 15.8 Å². The average Bonchev–Trinajstić information content (AvgIpc) is 2.31. The number of ether oxygens (including phenoxy) is 1. The highest BCUT2D eigenvalue weighted by Crippen LogP contribution is 2.23. The number of likely N-dealkylation sites (N-methyl/N-ethyl adjacent to an activating group) is 1. The summed E-state index contributed by atoms with van der Waals surface area (Å²) in [6.07, 6.45) is 0. The van der Waals surface area contributed by atoms with E-state index >= 15 is 0 Å². The van der Waals surface area contributed by atoms with Gasteiger partial charge in [0.2, 0.25) is 5.91 Å². The van der Waals surface area contributed by atoms with Crippen LogP contribution >= 0.6 is 0 Å². The van der Waals surface area contributed by atoms with Crippen molar-refractivity contribution < 1.29 is 9.53 Å². The lowest BCUT2D eigenvalue weighted by Gasteiger charge is -2.20. The molecule has 5 nitrogen and oxygen atoms in total. The molecular weight excluding hydrogens is 230 g/mol. The van der Waals surface area contributed by atoms with E-state index in [1.54, 1.807) is 25.3 Å². The zero-order valence-corrected chi connectivity index (χ0v) is 11.4. The SMILES string of the molecule is COc1ccc(NC(=O)CN(C)C(C)C)c(N)c1. The number of nitrogens with one attached hydrogen (secondary N) is 1. The van der Waals surface area contributed by atoms with Gasteiger partial charge in [0.15, 0.2) is 0 Å². The summed E-state index contributed by atoms with van der Waals surface area (Å²) in [6, 6.07) is 5.51. The topological polar surface area (TPSA) is 67.6 Å². The lowest BCUT2D eigenvalue weighted by molar-refractivity contribution is -0.117. The van der Waals surface area contributed by atoms with Gasteiger partial charge in [0.05, 0.1) is 25.0 Å². The van der Waals surface area contributed by atoms with Gasteiger partial charge in [-0.1, -0.05) is 0 Å². The van der Waals surface area contributed by atoms with E-state index < -0.39 is 0 Å². The Balaban J connectivity index is 2.65. The maximum atomic E-state index is 11.8. The van der Waals surface area contributed by atoms with Crippen LogP contribution in [-0.4, -0.2) is 37.6 Å². The van der Waals surface area contributed by atoms with Crippen molar-refractivity contribution in [2.75, 3.05) is 31.8 Å². The van der Waals surface area contributed by atoms with Crippen LogP contribution in [0.4, 0.5) is 11.4 Å². The molecule has 0 bridgehead atoms. The smallest absolute Gasteiger partial charge is 0.238 e. The van der Waals surface area contributed by atoms with Gasteiger partial charge < -0.3 is 15.8 Å². The molecule has 18 heavy (non-hydrogen) atoms. The van der Waals surface area contributed by atoms with Gasteiger partial charge in [0, 0.05) is 12.1 Å². The summed E-state index contributed by atoms with van der Waals surface area (Å²) in [7, 11) is 3.48. The Morgan fingerprint density at radius 1 is 1.50 bits per heavy atom. The van der Waals surface area contributed by atoms with Gasteiger partial charge in [-0.15, -0.1) is 0 Å². The van der Waals surface area contributed by atoms with Gasteiger partial charge >= 0.3 is 0 Å². The predicted molar refractivity (Wildman–Crippen MR) is 73.8 cm³/mol. The zero-order valence-electron chi connectivity index (χ0n) is 11.4. The van der Waals surface area contributed by atoms with Gasteiger partial charge in [-0.05, 0) is 33.0 Å². The Morgan fingerprint density at radius 3 is 2.67 bits per heavy atom. The molecule has 0 unspecified atom stereocenters. The minimum atomic E-state index is -0.0805. The average molecular weight is 251 g/mol. The van der Waals surface area contributed by atoms with Crippen LogP contribution in [0.15, 0.2) is 18.2 Å². The number of nitrogens with zero attached hydrogens (tertiary/aromatic N) is 1. The van der Waals surface area contributed by atoms with E-state index in [0.717, 1.165) is 0 Å². The Hall–Kier alpha value is -1.75. The maximum absolute atomic E-state index is 11.8. The molecule has 1 aromatic carbocycles. The highest BCUT2D eigenvalue weighted by molar-refractivity contribution is 5.95. The summed E-state index contributed by atoms with van der Waals surface area (Å²) in [4.78, 5) is 13.7. The number of nitrogens with two attached hydrogens (primary N) is 1. The third-order valence-corrected chi connectivity index (χ3v) is 2.81. The van der Waals surface area contributed by atoms with Gasteiger partial charge in [0.25, 0.3) is 0 Å². The molecule has 3 N–H and O–H groups in total. The molecule has 0 aromatic heterocycles. The van der Waals surface area contributed by atoms with Crippen molar-refractivity contribution in [3.05, 3.63) is 18.2 Å². The van der Waals surface area contributed by atoms with E-state index in [1.807, 2.05) is 25.8 Å². The Kier molecular flexibility index (Phi) is 4.97. The van der Waals surface area contributed by atoms with Crippen molar-refractivity contribution in [1.29, 1.82) is 0 Å². The quantitative estimate of drug-likeness (QED) is 0.779. The molecule has 0 radical (unpaired) electrons. The van der Waals surface area contributed by atoms with E-state index in [1.165, 1.54) is 0 Å². The molecule has 5 heteroatoms. The molecular formula is C13H21N3O2. The monoisotopic (exact) mass is 251 g/mol. The molecule has 0 fully saturated rings. The Morgan fingerprint density at radius 2 is 2.17 bits per heavy atom. The van der Waals surface area contributed by atoms with Gasteiger partial charge in [-0.2, -0.15) is 0 Å². The molecule has 0 heterocycles. The number of carbonyl (C=O) groups excluding carboxylic acids is 1. The molecule has 1 aromatic rings. The number of amides is 1. The summed E-state index contributed by atoms with van der Waals surface area (Å²) in [5.41, 5.74) is 6.93. The van der Waals surface area contributed by atoms with Crippen molar-refractivity contribution in [1.82, 2.24) is 4.90 Å². The second kappa shape index (κ2) is 6.26. The van der Waals surface area contributed by atoms with E-state index in [-0.39, 0.29) is 5.91 Å². The minimum absolute atomic E-state index is 0.0805. The fourth-order valence-corrected chi connectivity index (χ4v) is 1.38. The summed E-state index contributed by atoms with van der Waals surface area (Å²) in [5.74, 6) is 0.591. The van der Waals surface area contributed by atoms with Crippen LogP contribution in [0, 0.1) is 0 Å². The van der Waals surface area contributed by atoms with Crippen molar-refractivity contribution >= 4 is 17.3 Å². The first kappa shape index (κ1) is 14.3. The molecule has 0 saturated heterocycles. The summed E-state index contributed by atoms with van der Waals surface area (Å²) in [6.45, 7) is 4.41.